The van der Waals surface area contributed by atoms with Crippen LogP contribution in [0.25, 0.3) is 4.96 Å². The quantitative estimate of drug-likeness (QED) is 0.627. The molecule has 0 aromatic carbocycles. The number of hydrogen-bond donors (Lipinski definition) is 1. The fourth-order valence-corrected chi connectivity index (χ4v) is 5.72. The molecule has 5 rings (SSSR count). The number of nitrogens with zero attached hydrogens (tertiary/aromatic N) is 5. The molecule has 1 fully saturated rings. The summed E-state index contributed by atoms with van der Waals surface area (Å²) in [4.78, 5) is 33.2. The molecule has 32 heavy (non-hydrogen) atoms. The Balaban J connectivity index is 1.26. The fourth-order valence-electron chi connectivity index (χ4n) is 4.77. The molecule has 1 amide bonds. The monoisotopic (exact) mass is 456 g/mol. The topological polar surface area (TPSA) is 106 Å². The Morgan fingerprint density at radius 3 is 2.91 bits per heavy atom. The lowest BCUT2D eigenvalue weighted by Gasteiger charge is -2.31. The average molecular weight is 457 g/mol. The third-order valence-corrected chi connectivity index (χ3v) is 7.56. The van der Waals surface area contributed by atoms with Crippen LogP contribution in [0.5, 0.6) is 0 Å². The van der Waals surface area contributed by atoms with Gasteiger partial charge in [-0.1, -0.05) is 16.5 Å². The van der Waals surface area contributed by atoms with Crippen molar-refractivity contribution in [2.45, 2.75) is 58.8 Å². The summed E-state index contributed by atoms with van der Waals surface area (Å²) in [6.07, 6.45) is 6.25. The molecule has 9 nitrogen and oxygen atoms in total. The van der Waals surface area contributed by atoms with Gasteiger partial charge in [0.25, 0.3) is 5.56 Å². The number of nitrogens with one attached hydrogen (secondary N) is 1. The Morgan fingerprint density at radius 1 is 1.25 bits per heavy atom. The molecule has 1 N–H and O–H groups in total. The van der Waals surface area contributed by atoms with Gasteiger partial charge in [-0.3, -0.25) is 9.59 Å². The molecule has 0 spiro atoms. The van der Waals surface area contributed by atoms with Gasteiger partial charge in [0.1, 0.15) is 5.76 Å². The largest absolute Gasteiger partial charge is 0.361 e. The van der Waals surface area contributed by atoms with E-state index in [4.69, 9.17) is 9.51 Å². The summed E-state index contributed by atoms with van der Waals surface area (Å²) in [6, 6.07) is 0. The lowest BCUT2D eigenvalue weighted by molar-refractivity contribution is -0.125. The zero-order chi connectivity index (χ0) is 22.2. The average Bonchev–Trinajstić information content (AvgIpc) is 3.38. The summed E-state index contributed by atoms with van der Waals surface area (Å²) in [5.74, 6) is 0.772. The van der Waals surface area contributed by atoms with Gasteiger partial charge >= 0.3 is 0 Å². The van der Waals surface area contributed by atoms with E-state index in [-0.39, 0.29) is 17.4 Å². The van der Waals surface area contributed by atoms with E-state index in [1.54, 1.807) is 0 Å². The number of carbonyl (C=O) groups is 1. The van der Waals surface area contributed by atoms with Gasteiger partial charge in [0, 0.05) is 30.8 Å². The standard InChI is InChI=1S/C22H28N6O3S/c1-13-16(14(2)31-26-13)9-10-23-19(29)15-6-5-11-27(12-15)22-25-28-20(30)17-7-3-4-8-18(17)24-21(28)32-22/h15H,3-12H2,1-2H3,(H,23,29). The number of piperidine rings is 1. The highest BCUT2D eigenvalue weighted by Gasteiger charge is 2.28. The van der Waals surface area contributed by atoms with E-state index in [1.165, 1.54) is 15.9 Å². The smallest absolute Gasteiger partial charge is 0.278 e. The molecule has 3 aromatic rings. The second-order valence-electron chi connectivity index (χ2n) is 8.76. The molecule has 170 valence electrons. The van der Waals surface area contributed by atoms with Crippen LogP contribution in [-0.4, -0.2) is 45.3 Å². The Hall–Kier alpha value is -2.75. The summed E-state index contributed by atoms with van der Waals surface area (Å²) in [5.41, 5.74) is 3.66. The van der Waals surface area contributed by atoms with E-state index >= 15 is 0 Å². The lowest BCUT2D eigenvalue weighted by atomic mass is 9.97. The van der Waals surface area contributed by atoms with Crippen molar-refractivity contribution in [3.8, 4) is 0 Å². The zero-order valence-electron chi connectivity index (χ0n) is 18.5. The molecule has 2 aliphatic rings. The molecule has 1 aliphatic heterocycles. The maximum Gasteiger partial charge on any atom is 0.278 e. The van der Waals surface area contributed by atoms with Gasteiger partial charge in [0.05, 0.1) is 17.3 Å². The number of fused-ring (bicyclic) bond motifs is 2. The maximum absolute atomic E-state index is 12.9. The molecule has 1 unspecified atom stereocenters. The number of anilines is 1. The summed E-state index contributed by atoms with van der Waals surface area (Å²) < 4.78 is 6.65. The predicted molar refractivity (Wildman–Crippen MR) is 121 cm³/mol. The normalized spacial score (nSPS) is 18.7. The highest BCUT2D eigenvalue weighted by Crippen LogP contribution is 2.28. The third kappa shape index (κ3) is 3.92. The molecule has 3 aromatic heterocycles. The Kier molecular flexibility index (Phi) is 5.71. The third-order valence-electron chi connectivity index (χ3n) is 6.59. The van der Waals surface area contributed by atoms with Crippen molar-refractivity contribution in [3.63, 3.8) is 0 Å². The van der Waals surface area contributed by atoms with Gasteiger partial charge in [0.15, 0.2) is 0 Å². The molecular weight excluding hydrogens is 428 g/mol. The summed E-state index contributed by atoms with van der Waals surface area (Å²) in [5, 5.41) is 12.4. The van der Waals surface area contributed by atoms with E-state index in [1.807, 2.05) is 13.8 Å². The molecule has 4 heterocycles. The van der Waals surface area contributed by atoms with Crippen molar-refractivity contribution in [2.24, 2.45) is 5.92 Å². The van der Waals surface area contributed by atoms with Gasteiger partial charge in [0.2, 0.25) is 16.0 Å². The van der Waals surface area contributed by atoms with Gasteiger partial charge in [-0.05, 0) is 58.8 Å². The minimum atomic E-state index is -0.0988. The first kappa shape index (κ1) is 21.1. The minimum absolute atomic E-state index is 0.0298. The van der Waals surface area contributed by atoms with E-state index in [9.17, 15) is 9.59 Å². The van der Waals surface area contributed by atoms with Crippen LogP contribution in [0.2, 0.25) is 0 Å². The number of carbonyl (C=O) groups excluding carboxylic acids is 1. The van der Waals surface area contributed by atoms with Crippen LogP contribution in [0.4, 0.5) is 5.13 Å². The minimum Gasteiger partial charge on any atom is -0.361 e. The van der Waals surface area contributed by atoms with Crippen LogP contribution in [0, 0.1) is 19.8 Å². The zero-order valence-corrected chi connectivity index (χ0v) is 19.3. The summed E-state index contributed by atoms with van der Waals surface area (Å²) in [7, 11) is 0. The molecule has 0 bridgehead atoms. The number of aromatic nitrogens is 4. The number of aryl methyl sites for hydroxylation is 3. The Labute approximate surface area is 189 Å². The van der Waals surface area contributed by atoms with Crippen LogP contribution in [-0.2, 0) is 24.1 Å². The van der Waals surface area contributed by atoms with Crippen molar-refractivity contribution < 1.29 is 9.32 Å². The van der Waals surface area contributed by atoms with Crippen LogP contribution in [0.3, 0.4) is 0 Å². The van der Waals surface area contributed by atoms with Gasteiger partial charge in [-0.2, -0.15) is 4.52 Å². The molecule has 1 saturated heterocycles. The van der Waals surface area contributed by atoms with E-state index in [0.717, 1.165) is 78.5 Å². The summed E-state index contributed by atoms with van der Waals surface area (Å²) in [6.45, 7) is 5.80. The lowest BCUT2D eigenvalue weighted by Crippen LogP contribution is -2.43. The predicted octanol–water partition coefficient (Wildman–Crippen LogP) is 2.21. The fraction of sp³-hybridized carbons (Fsp3) is 0.591. The van der Waals surface area contributed by atoms with E-state index in [2.05, 4.69) is 20.5 Å². The van der Waals surface area contributed by atoms with Gasteiger partial charge in [-0.25, -0.2) is 4.98 Å². The van der Waals surface area contributed by atoms with Crippen molar-refractivity contribution in [1.29, 1.82) is 0 Å². The van der Waals surface area contributed by atoms with E-state index in [0.29, 0.717) is 24.5 Å². The van der Waals surface area contributed by atoms with Crippen molar-refractivity contribution >= 4 is 27.3 Å². The first-order valence-corrected chi connectivity index (χ1v) is 12.2. The van der Waals surface area contributed by atoms with Crippen LogP contribution in [0.1, 0.15) is 54.0 Å². The van der Waals surface area contributed by atoms with Gasteiger partial charge < -0.3 is 14.7 Å². The maximum atomic E-state index is 12.9. The number of rotatable bonds is 5. The first-order valence-electron chi connectivity index (χ1n) is 11.4. The highest BCUT2D eigenvalue weighted by molar-refractivity contribution is 7.20. The SMILES string of the molecule is Cc1noc(C)c1CCNC(=O)C1CCCN(c2nn3c(=O)c4c(nc3s2)CCCC4)C1. The number of amides is 1. The Morgan fingerprint density at radius 2 is 2.09 bits per heavy atom. The second kappa shape index (κ2) is 8.65. The van der Waals surface area contributed by atoms with E-state index < -0.39 is 0 Å². The number of hydrogen-bond acceptors (Lipinski definition) is 8. The van der Waals surface area contributed by atoms with Crippen LogP contribution < -0.4 is 15.8 Å². The summed E-state index contributed by atoms with van der Waals surface area (Å²) >= 11 is 1.44. The molecular formula is C22H28N6O3S. The molecule has 1 aliphatic carbocycles. The Bertz CT molecular complexity index is 1190. The molecule has 0 radical (unpaired) electrons. The van der Waals surface area contributed by atoms with Crippen molar-refractivity contribution in [2.75, 3.05) is 24.5 Å². The molecule has 1 atom stereocenters. The van der Waals surface area contributed by atoms with Crippen molar-refractivity contribution in [3.05, 3.63) is 38.6 Å². The van der Waals surface area contributed by atoms with Gasteiger partial charge in [-0.15, -0.1) is 5.10 Å². The highest BCUT2D eigenvalue weighted by atomic mass is 32.1. The van der Waals surface area contributed by atoms with Crippen LogP contribution in [0.15, 0.2) is 9.32 Å². The second-order valence-corrected chi connectivity index (χ2v) is 9.69. The first-order chi connectivity index (χ1) is 15.5. The van der Waals surface area contributed by atoms with Crippen LogP contribution >= 0.6 is 11.3 Å². The van der Waals surface area contributed by atoms with Crippen molar-refractivity contribution in [1.82, 2.24) is 25.1 Å². The molecule has 0 saturated carbocycles. The molecule has 10 heteroatoms.